The molecule has 136 valence electrons. The normalized spacial score (nSPS) is 33.9. The van der Waals surface area contributed by atoms with Crippen LogP contribution in [0.5, 0.6) is 0 Å². The molecule has 3 aliphatic rings. The van der Waals surface area contributed by atoms with Gasteiger partial charge in [-0.2, -0.15) is 0 Å². The molecule has 3 fully saturated rings. The van der Waals surface area contributed by atoms with E-state index in [0.717, 1.165) is 26.4 Å². The van der Waals surface area contributed by atoms with Crippen molar-refractivity contribution >= 4 is 0 Å². The fourth-order valence-electron chi connectivity index (χ4n) is 3.66. The van der Waals surface area contributed by atoms with Gasteiger partial charge in [0.15, 0.2) is 0 Å². The van der Waals surface area contributed by atoms with Crippen molar-refractivity contribution in [3.8, 4) is 0 Å². The average molecular weight is 332 g/mol. The lowest BCUT2D eigenvalue weighted by Crippen LogP contribution is -2.43. The lowest BCUT2D eigenvalue weighted by Gasteiger charge is -2.43. The summed E-state index contributed by atoms with van der Waals surface area (Å²) in [5.41, 5.74) is -0.0758. The molecule has 0 N–H and O–H groups in total. The largest absolute Gasteiger partial charge is 0.373 e. The molecule has 4 nitrogen and oxygen atoms in total. The molecular formula is C18H33FO4. The molecule has 2 unspecified atom stereocenters. The van der Waals surface area contributed by atoms with Crippen molar-refractivity contribution in [1.29, 1.82) is 0 Å². The van der Waals surface area contributed by atoms with Gasteiger partial charge in [0.25, 0.3) is 0 Å². The van der Waals surface area contributed by atoms with Gasteiger partial charge in [0.05, 0.1) is 37.6 Å². The summed E-state index contributed by atoms with van der Waals surface area (Å²) in [5.74, 6) is 1.29. The van der Waals surface area contributed by atoms with Crippen molar-refractivity contribution in [3.05, 3.63) is 0 Å². The van der Waals surface area contributed by atoms with Crippen LogP contribution in [0.15, 0.2) is 0 Å². The van der Waals surface area contributed by atoms with E-state index in [4.69, 9.17) is 18.9 Å². The smallest absolute Gasteiger partial charge is 0.104 e. The van der Waals surface area contributed by atoms with Crippen molar-refractivity contribution in [2.45, 2.75) is 76.8 Å². The topological polar surface area (TPSA) is 43.5 Å². The van der Waals surface area contributed by atoms with Crippen molar-refractivity contribution in [2.24, 2.45) is 11.8 Å². The first-order valence-electron chi connectivity index (χ1n) is 8.88. The van der Waals surface area contributed by atoms with Gasteiger partial charge in [-0.05, 0) is 65.2 Å². The van der Waals surface area contributed by atoms with Gasteiger partial charge in [-0.15, -0.1) is 0 Å². The Morgan fingerprint density at radius 2 is 1.04 bits per heavy atom. The molecule has 0 amide bonds. The Kier molecular flexibility index (Phi) is 6.10. The summed E-state index contributed by atoms with van der Waals surface area (Å²) >= 11 is 0. The van der Waals surface area contributed by atoms with E-state index >= 15 is 0 Å². The van der Waals surface area contributed by atoms with Gasteiger partial charge in [-0.25, -0.2) is 0 Å². The summed E-state index contributed by atoms with van der Waals surface area (Å²) < 4.78 is 22.8. The highest BCUT2D eigenvalue weighted by Gasteiger charge is 2.40. The Hall–Kier alpha value is -0.230. The third-order valence-electron chi connectivity index (χ3n) is 5.78. The van der Waals surface area contributed by atoms with E-state index < -0.39 is 0 Å². The van der Waals surface area contributed by atoms with Crippen LogP contribution in [0.3, 0.4) is 0 Å². The van der Waals surface area contributed by atoms with Crippen LogP contribution < -0.4 is 0 Å². The van der Waals surface area contributed by atoms with E-state index in [9.17, 15) is 0 Å². The fourth-order valence-corrected chi connectivity index (χ4v) is 3.66. The van der Waals surface area contributed by atoms with Crippen LogP contribution in [0.25, 0.3) is 0 Å². The molecule has 2 atom stereocenters. The second-order valence-electron chi connectivity index (χ2n) is 8.29. The van der Waals surface area contributed by atoms with Crippen LogP contribution in [-0.2, 0) is 18.9 Å². The standard InChI is InChI=1S/C18H32O4.FH/c1-17(2,21-11-15-9-19-15)13-5-7-14(8-6-13)18(3,4)22-12-16-10-20-16;/h13-16H,5-12H2,1-4H3;1H. The number of ether oxygens (including phenoxy) is 4. The maximum atomic E-state index is 6.13. The summed E-state index contributed by atoms with van der Waals surface area (Å²) in [4.78, 5) is 0. The fraction of sp³-hybridized carbons (Fsp3) is 1.00. The SMILES string of the molecule is CC(C)(OCC1CO1)C1CCC(C(C)(C)OCC2CO2)CC1.F. The van der Waals surface area contributed by atoms with Gasteiger partial charge in [-0.1, -0.05) is 0 Å². The molecule has 3 rings (SSSR count). The zero-order chi connectivity index (χ0) is 15.8. The van der Waals surface area contributed by atoms with E-state index in [1.807, 2.05) is 0 Å². The molecule has 1 saturated carbocycles. The number of halogens is 1. The Morgan fingerprint density at radius 1 is 0.739 bits per heavy atom. The van der Waals surface area contributed by atoms with Gasteiger partial charge in [0, 0.05) is 0 Å². The summed E-state index contributed by atoms with van der Waals surface area (Å²) in [7, 11) is 0. The van der Waals surface area contributed by atoms with Crippen molar-refractivity contribution in [1.82, 2.24) is 0 Å². The van der Waals surface area contributed by atoms with E-state index in [1.54, 1.807) is 0 Å². The molecule has 0 bridgehead atoms. The first-order valence-corrected chi connectivity index (χ1v) is 8.88. The van der Waals surface area contributed by atoms with Crippen LogP contribution in [-0.4, -0.2) is 49.8 Å². The van der Waals surface area contributed by atoms with Crippen LogP contribution in [0.2, 0.25) is 0 Å². The Bertz CT molecular complexity index is 333. The third-order valence-corrected chi connectivity index (χ3v) is 5.78. The number of hydrogen-bond donors (Lipinski definition) is 0. The zero-order valence-corrected chi connectivity index (χ0v) is 15.0. The highest BCUT2D eigenvalue weighted by atomic mass is 19.0. The highest BCUT2D eigenvalue weighted by Crippen LogP contribution is 2.42. The highest BCUT2D eigenvalue weighted by molar-refractivity contribution is 4.90. The first kappa shape index (κ1) is 19.1. The minimum atomic E-state index is -0.0379. The molecule has 0 radical (unpaired) electrons. The Morgan fingerprint density at radius 3 is 1.30 bits per heavy atom. The predicted molar refractivity (Wildman–Crippen MR) is 87.5 cm³/mol. The molecule has 0 aromatic carbocycles. The third kappa shape index (κ3) is 5.38. The number of hydrogen-bond acceptors (Lipinski definition) is 4. The molecule has 2 heterocycles. The van der Waals surface area contributed by atoms with Crippen molar-refractivity contribution in [2.75, 3.05) is 26.4 Å². The maximum Gasteiger partial charge on any atom is 0.104 e. The van der Waals surface area contributed by atoms with Gasteiger partial charge in [-0.3, -0.25) is 4.70 Å². The van der Waals surface area contributed by atoms with Crippen molar-refractivity contribution in [3.63, 3.8) is 0 Å². The second kappa shape index (κ2) is 7.34. The zero-order valence-electron chi connectivity index (χ0n) is 15.0. The maximum absolute atomic E-state index is 6.13. The Labute approximate surface area is 139 Å². The lowest BCUT2D eigenvalue weighted by atomic mass is 9.70. The molecule has 0 spiro atoms. The van der Waals surface area contributed by atoms with Crippen LogP contribution in [0.1, 0.15) is 53.4 Å². The van der Waals surface area contributed by atoms with E-state index in [0.29, 0.717) is 24.0 Å². The molecule has 0 aromatic rings. The molecule has 2 saturated heterocycles. The number of rotatable bonds is 8. The molecule has 0 aromatic heterocycles. The first-order chi connectivity index (χ1) is 10.4. The quantitative estimate of drug-likeness (QED) is 0.640. The summed E-state index contributed by atoms with van der Waals surface area (Å²) in [5, 5.41) is 0. The van der Waals surface area contributed by atoms with E-state index in [2.05, 4.69) is 27.7 Å². The van der Waals surface area contributed by atoms with Crippen LogP contribution in [0.4, 0.5) is 4.70 Å². The molecule has 23 heavy (non-hydrogen) atoms. The van der Waals surface area contributed by atoms with Gasteiger partial charge >= 0.3 is 0 Å². The monoisotopic (exact) mass is 332 g/mol. The second-order valence-corrected chi connectivity index (χ2v) is 8.29. The molecular weight excluding hydrogens is 299 g/mol. The molecule has 2 aliphatic heterocycles. The lowest BCUT2D eigenvalue weighted by molar-refractivity contribution is -0.106. The summed E-state index contributed by atoms with van der Waals surface area (Å²) in [6, 6.07) is 0. The molecule has 1 aliphatic carbocycles. The summed E-state index contributed by atoms with van der Waals surface area (Å²) in [6.07, 6.45) is 5.64. The van der Waals surface area contributed by atoms with Gasteiger partial charge in [0.2, 0.25) is 0 Å². The van der Waals surface area contributed by atoms with Crippen LogP contribution in [0, 0.1) is 11.8 Å². The van der Waals surface area contributed by atoms with Gasteiger partial charge < -0.3 is 18.9 Å². The Balaban J connectivity index is 0.00000192. The average Bonchev–Trinajstić information content (AvgIpc) is 3.38. The molecule has 5 heteroatoms. The minimum Gasteiger partial charge on any atom is -0.373 e. The minimum absolute atomic E-state index is 0. The van der Waals surface area contributed by atoms with E-state index in [1.165, 1.54) is 25.7 Å². The number of epoxide rings is 2. The van der Waals surface area contributed by atoms with Gasteiger partial charge in [0.1, 0.15) is 12.2 Å². The van der Waals surface area contributed by atoms with Crippen LogP contribution >= 0.6 is 0 Å². The van der Waals surface area contributed by atoms with E-state index in [-0.39, 0.29) is 15.9 Å². The summed E-state index contributed by atoms with van der Waals surface area (Å²) in [6.45, 7) is 12.2. The predicted octanol–water partition coefficient (Wildman–Crippen LogP) is 3.33. The van der Waals surface area contributed by atoms with Crippen molar-refractivity contribution < 1.29 is 23.7 Å².